The molecule has 0 unspecified atom stereocenters. The Bertz CT molecular complexity index is 769. The molecule has 6 heteroatoms. The summed E-state index contributed by atoms with van der Waals surface area (Å²) in [5.41, 5.74) is 1.34. The van der Waals surface area contributed by atoms with Gasteiger partial charge in [0.05, 0.1) is 17.1 Å². The third-order valence-corrected chi connectivity index (χ3v) is 3.57. The Kier molecular flexibility index (Phi) is 6.28. The van der Waals surface area contributed by atoms with Crippen molar-refractivity contribution in [1.82, 2.24) is 4.90 Å². The van der Waals surface area contributed by atoms with Gasteiger partial charge in [-0.1, -0.05) is 24.3 Å². The highest BCUT2D eigenvalue weighted by Gasteiger charge is 2.11. The van der Waals surface area contributed by atoms with Gasteiger partial charge in [-0.05, 0) is 36.8 Å². The molecule has 0 radical (unpaired) electrons. The molecule has 0 atom stereocenters. The van der Waals surface area contributed by atoms with Gasteiger partial charge < -0.3 is 9.64 Å². The van der Waals surface area contributed by atoms with Crippen molar-refractivity contribution in [2.75, 3.05) is 13.7 Å². The molecule has 0 aliphatic carbocycles. The van der Waals surface area contributed by atoms with Crippen LogP contribution in [0.1, 0.15) is 18.1 Å². The first kappa shape index (κ1) is 18.2. The van der Waals surface area contributed by atoms with E-state index in [1.165, 1.54) is 18.2 Å². The van der Waals surface area contributed by atoms with Crippen LogP contribution in [0.5, 0.6) is 5.75 Å². The Labute approximate surface area is 146 Å². The van der Waals surface area contributed by atoms with Crippen molar-refractivity contribution in [3.8, 4) is 5.75 Å². The number of ether oxygens (including phenoxy) is 1. The zero-order valence-corrected chi connectivity index (χ0v) is 14.2. The van der Waals surface area contributed by atoms with Crippen molar-refractivity contribution in [2.45, 2.75) is 13.5 Å². The Hall–Kier alpha value is -3.15. The summed E-state index contributed by atoms with van der Waals surface area (Å²) in [6.45, 7) is 2.96. The standard InChI is InChI=1S/C19H20N2O4/c1-3-25-17-11-8-15(9-12-17)14-20(2)19(22)13-10-16-6-4-5-7-18(16)21(23)24/h4-13H,3,14H2,1-2H3/b13-10+. The molecule has 25 heavy (non-hydrogen) atoms. The molecule has 0 heterocycles. The number of nitro groups is 1. The Balaban J connectivity index is 2.01. The molecule has 2 aromatic rings. The molecule has 0 aromatic heterocycles. The third kappa shape index (κ3) is 5.17. The van der Waals surface area contributed by atoms with Gasteiger partial charge in [-0.25, -0.2) is 0 Å². The van der Waals surface area contributed by atoms with Crippen LogP contribution in [0, 0.1) is 10.1 Å². The highest BCUT2D eigenvalue weighted by molar-refractivity contribution is 5.92. The number of likely N-dealkylation sites (N-methyl/N-ethyl adjacent to an activating group) is 1. The van der Waals surface area contributed by atoms with Crippen molar-refractivity contribution in [3.63, 3.8) is 0 Å². The third-order valence-electron chi connectivity index (χ3n) is 3.57. The minimum atomic E-state index is -0.464. The fourth-order valence-electron chi connectivity index (χ4n) is 2.29. The maximum Gasteiger partial charge on any atom is 0.276 e. The number of benzene rings is 2. The number of carbonyl (C=O) groups excluding carboxylic acids is 1. The lowest BCUT2D eigenvalue weighted by molar-refractivity contribution is -0.385. The molecule has 0 aliphatic heterocycles. The van der Waals surface area contributed by atoms with E-state index in [9.17, 15) is 14.9 Å². The molecule has 0 saturated heterocycles. The number of amides is 1. The maximum absolute atomic E-state index is 12.2. The summed E-state index contributed by atoms with van der Waals surface area (Å²) in [7, 11) is 1.68. The van der Waals surface area contributed by atoms with Crippen molar-refractivity contribution in [2.24, 2.45) is 0 Å². The van der Waals surface area contributed by atoms with Gasteiger partial charge in [0.25, 0.3) is 5.69 Å². The van der Waals surface area contributed by atoms with Crippen LogP contribution < -0.4 is 4.74 Å². The molecule has 0 bridgehead atoms. The zero-order valence-electron chi connectivity index (χ0n) is 14.2. The molecular formula is C19H20N2O4. The minimum Gasteiger partial charge on any atom is -0.494 e. The van der Waals surface area contributed by atoms with Crippen LogP contribution in [0.3, 0.4) is 0 Å². The van der Waals surface area contributed by atoms with Crippen molar-refractivity contribution in [3.05, 3.63) is 75.8 Å². The number of para-hydroxylation sites is 1. The van der Waals surface area contributed by atoms with Crippen LogP contribution in [-0.2, 0) is 11.3 Å². The van der Waals surface area contributed by atoms with Crippen LogP contribution in [-0.4, -0.2) is 29.4 Å². The lowest BCUT2D eigenvalue weighted by Crippen LogP contribution is -2.24. The summed E-state index contributed by atoms with van der Waals surface area (Å²) in [6.07, 6.45) is 2.81. The zero-order chi connectivity index (χ0) is 18.2. The quantitative estimate of drug-likeness (QED) is 0.438. The number of hydrogen-bond donors (Lipinski definition) is 0. The predicted octanol–water partition coefficient (Wildman–Crippen LogP) is 3.67. The van der Waals surface area contributed by atoms with Crippen molar-refractivity contribution in [1.29, 1.82) is 0 Å². The van der Waals surface area contributed by atoms with E-state index >= 15 is 0 Å². The predicted molar refractivity (Wildman–Crippen MR) is 96.2 cm³/mol. The summed E-state index contributed by atoms with van der Waals surface area (Å²) in [4.78, 5) is 24.3. The van der Waals surface area contributed by atoms with E-state index in [1.54, 1.807) is 30.1 Å². The number of hydrogen-bond acceptors (Lipinski definition) is 4. The summed E-state index contributed by atoms with van der Waals surface area (Å²) in [6, 6.07) is 13.8. The van der Waals surface area contributed by atoms with Gasteiger partial charge in [0.15, 0.2) is 0 Å². The Morgan fingerprint density at radius 1 is 1.20 bits per heavy atom. The monoisotopic (exact) mass is 340 g/mol. The lowest BCUT2D eigenvalue weighted by atomic mass is 10.1. The van der Waals surface area contributed by atoms with E-state index in [0.717, 1.165) is 11.3 Å². The summed E-state index contributed by atoms with van der Waals surface area (Å²) < 4.78 is 5.38. The maximum atomic E-state index is 12.2. The molecule has 0 aliphatic rings. The van der Waals surface area contributed by atoms with Crippen LogP contribution >= 0.6 is 0 Å². The normalized spacial score (nSPS) is 10.6. The molecule has 1 amide bonds. The molecular weight excluding hydrogens is 320 g/mol. The largest absolute Gasteiger partial charge is 0.494 e. The molecule has 2 aromatic carbocycles. The lowest BCUT2D eigenvalue weighted by Gasteiger charge is -2.15. The van der Waals surface area contributed by atoms with Gasteiger partial charge in [-0.3, -0.25) is 14.9 Å². The highest BCUT2D eigenvalue weighted by Crippen LogP contribution is 2.19. The first-order valence-corrected chi connectivity index (χ1v) is 7.89. The van der Waals surface area contributed by atoms with Crippen molar-refractivity contribution >= 4 is 17.7 Å². The van der Waals surface area contributed by atoms with Crippen LogP contribution in [0.2, 0.25) is 0 Å². The van der Waals surface area contributed by atoms with Crippen molar-refractivity contribution < 1.29 is 14.5 Å². The topological polar surface area (TPSA) is 72.7 Å². The summed E-state index contributed by atoms with van der Waals surface area (Å²) in [5, 5.41) is 11.0. The van der Waals surface area contributed by atoms with Crippen LogP contribution in [0.25, 0.3) is 6.08 Å². The molecule has 6 nitrogen and oxygen atoms in total. The van der Waals surface area contributed by atoms with Gasteiger partial charge in [0.2, 0.25) is 5.91 Å². The van der Waals surface area contributed by atoms with Gasteiger partial charge in [-0.15, -0.1) is 0 Å². The van der Waals surface area contributed by atoms with Gasteiger partial charge in [0, 0.05) is 25.7 Å². The Morgan fingerprint density at radius 2 is 1.88 bits per heavy atom. The van der Waals surface area contributed by atoms with Crippen LogP contribution in [0.4, 0.5) is 5.69 Å². The average molecular weight is 340 g/mol. The fraction of sp³-hybridized carbons (Fsp3) is 0.211. The highest BCUT2D eigenvalue weighted by atomic mass is 16.6. The number of rotatable bonds is 7. The molecule has 0 saturated carbocycles. The van der Waals surface area contributed by atoms with E-state index in [-0.39, 0.29) is 11.6 Å². The summed E-state index contributed by atoms with van der Waals surface area (Å²) in [5.74, 6) is 0.559. The van der Waals surface area contributed by atoms with E-state index in [2.05, 4.69) is 0 Å². The number of nitrogens with zero attached hydrogens (tertiary/aromatic N) is 2. The number of nitro benzene ring substituents is 1. The van der Waals surface area contributed by atoms with Crippen LogP contribution in [0.15, 0.2) is 54.6 Å². The van der Waals surface area contributed by atoms with Gasteiger partial charge >= 0.3 is 0 Å². The smallest absolute Gasteiger partial charge is 0.276 e. The Morgan fingerprint density at radius 3 is 2.52 bits per heavy atom. The van der Waals surface area contributed by atoms with E-state index in [4.69, 9.17) is 4.74 Å². The van der Waals surface area contributed by atoms with E-state index in [0.29, 0.717) is 18.7 Å². The minimum absolute atomic E-state index is 0.0271. The number of carbonyl (C=O) groups is 1. The average Bonchev–Trinajstić information content (AvgIpc) is 2.61. The SMILES string of the molecule is CCOc1ccc(CN(C)C(=O)/C=C/c2ccccc2[N+](=O)[O-])cc1. The molecule has 130 valence electrons. The van der Waals surface area contributed by atoms with E-state index in [1.807, 2.05) is 31.2 Å². The fourth-order valence-corrected chi connectivity index (χ4v) is 2.29. The van der Waals surface area contributed by atoms with Gasteiger partial charge in [-0.2, -0.15) is 0 Å². The molecule has 0 N–H and O–H groups in total. The first-order valence-electron chi connectivity index (χ1n) is 7.89. The second kappa shape index (κ2) is 8.63. The second-order valence-corrected chi connectivity index (χ2v) is 5.42. The van der Waals surface area contributed by atoms with Gasteiger partial charge in [0.1, 0.15) is 5.75 Å². The molecule has 0 fully saturated rings. The summed E-state index contributed by atoms with van der Waals surface area (Å²) >= 11 is 0. The molecule has 2 rings (SSSR count). The second-order valence-electron chi connectivity index (χ2n) is 5.42. The van der Waals surface area contributed by atoms with E-state index < -0.39 is 4.92 Å². The first-order chi connectivity index (χ1) is 12.0. The molecule has 0 spiro atoms.